The van der Waals surface area contributed by atoms with Crippen molar-refractivity contribution < 1.29 is 0 Å². The molecular formula is C14H25N5. The number of rotatable bonds is 5. The fourth-order valence-electron chi connectivity index (χ4n) is 2.49. The summed E-state index contributed by atoms with van der Waals surface area (Å²) in [5, 5.41) is 0. The van der Waals surface area contributed by atoms with Gasteiger partial charge in [0.1, 0.15) is 12.1 Å². The third kappa shape index (κ3) is 3.64. The SMILES string of the molecule is CCCc1cc(N2CCN(C(C)CN)CC2)ncn1. The summed E-state index contributed by atoms with van der Waals surface area (Å²) < 4.78 is 0. The van der Waals surface area contributed by atoms with Gasteiger partial charge in [0, 0.05) is 50.5 Å². The molecule has 19 heavy (non-hydrogen) atoms. The zero-order valence-corrected chi connectivity index (χ0v) is 12.0. The Hall–Kier alpha value is -1.20. The zero-order valence-electron chi connectivity index (χ0n) is 12.0. The summed E-state index contributed by atoms with van der Waals surface area (Å²) in [6.07, 6.45) is 3.84. The summed E-state index contributed by atoms with van der Waals surface area (Å²) in [6.45, 7) is 9.26. The van der Waals surface area contributed by atoms with Crippen LogP contribution in [0.5, 0.6) is 0 Å². The van der Waals surface area contributed by atoms with E-state index in [0.717, 1.165) is 57.1 Å². The number of piperazine rings is 1. The fourth-order valence-corrected chi connectivity index (χ4v) is 2.49. The van der Waals surface area contributed by atoms with Gasteiger partial charge in [-0.15, -0.1) is 0 Å². The number of hydrogen-bond acceptors (Lipinski definition) is 5. The molecule has 1 atom stereocenters. The van der Waals surface area contributed by atoms with Crippen LogP contribution in [0.25, 0.3) is 0 Å². The summed E-state index contributed by atoms with van der Waals surface area (Å²) >= 11 is 0. The second-order valence-electron chi connectivity index (χ2n) is 5.23. The molecule has 0 amide bonds. The first kappa shape index (κ1) is 14.2. The first-order valence-electron chi connectivity index (χ1n) is 7.24. The van der Waals surface area contributed by atoms with Gasteiger partial charge in [-0.25, -0.2) is 9.97 Å². The standard InChI is InChI=1S/C14H25N5/c1-3-4-13-9-14(17-11-16-13)19-7-5-18(6-8-19)12(2)10-15/h9,11-12H,3-8,10,15H2,1-2H3. The van der Waals surface area contributed by atoms with Gasteiger partial charge in [-0.1, -0.05) is 13.3 Å². The largest absolute Gasteiger partial charge is 0.354 e. The van der Waals surface area contributed by atoms with Gasteiger partial charge in [0.25, 0.3) is 0 Å². The molecule has 0 radical (unpaired) electrons. The number of nitrogens with zero attached hydrogens (tertiary/aromatic N) is 4. The van der Waals surface area contributed by atoms with Crippen LogP contribution in [-0.4, -0.2) is 53.6 Å². The van der Waals surface area contributed by atoms with Crippen LogP contribution in [0.4, 0.5) is 5.82 Å². The molecule has 1 aliphatic rings. The highest BCUT2D eigenvalue weighted by Gasteiger charge is 2.21. The Morgan fingerprint density at radius 1 is 1.26 bits per heavy atom. The lowest BCUT2D eigenvalue weighted by molar-refractivity contribution is 0.201. The highest BCUT2D eigenvalue weighted by molar-refractivity contribution is 5.39. The van der Waals surface area contributed by atoms with E-state index in [1.807, 2.05) is 0 Å². The predicted molar refractivity (Wildman–Crippen MR) is 78.3 cm³/mol. The molecule has 2 N–H and O–H groups in total. The average molecular weight is 263 g/mol. The van der Waals surface area contributed by atoms with Crippen molar-refractivity contribution in [3.8, 4) is 0 Å². The smallest absolute Gasteiger partial charge is 0.132 e. The molecule has 1 fully saturated rings. The van der Waals surface area contributed by atoms with E-state index in [4.69, 9.17) is 5.73 Å². The molecule has 2 rings (SSSR count). The van der Waals surface area contributed by atoms with Crippen molar-refractivity contribution in [3.63, 3.8) is 0 Å². The monoisotopic (exact) mass is 263 g/mol. The molecule has 0 aliphatic carbocycles. The van der Waals surface area contributed by atoms with E-state index in [0.29, 0.717) is 6.04 Å². The fraction of sp³-hybridized carbons (Fsp3) is 0.714. The summed E-state index contributed by atoms with van der Waals surface area (Å²) in [4.78, 5) is 13.5. The number of nitrogens with two attached hydrogens (primary N) is 1. The van der Waals surface area contributed by atoms with Crippen LogP contribution in [0.3, 0.4) is 0 Å². The van der Waals surface area contributed by atoms with E-state index in [-0.39, 0.29) is 0 Å². The van der Waals surface area contributed by atoms with Crippen LogP contribution in [0.15, 0.2) is 12.4 Å². The quantitative estimate of drug-likeness (QED) is 0.855. The number of aryl methyl sites for hydroxylation is 1. The van der Waals surface area contributed by atoms with E-state index in [1.165, 1.54) is 0 Å². The molecular weight excluding hydrogens is 238 g/mol. The molecule has 1 saturated heterocycles. The van der Waals surface area contributed by atoms with E-state index >= 15 is 0 Å². The van der Waals surface area contributed by atoms with Gasteiger partial charge < -0.3 is 10.6 Å². The third-order valence-electron chi connectivity index (χ3n) is 3.82. The minimum atomic E-state index is 0.475. The van der Waals surface area contributed by atoms with Crippen LogP contribution in [0.2, 0.25) is 0 Å². The molecule has 1 aromatic rings. The Morgan fingerprint density at radius 3 is 2.63 bits per heavy atom. The molecule has 5 nitrogen and oxygen atoms in total. The molecule has 1 unspecified atom stereocenters. The molecule has 0 saturated carbocycles. The van der Waals surface area contributed by atoms with Crippen LogP contribution in [0.1, 0.15) is 26.0 Å². The highest BCUT2D eigenvalue weighted by atomic mass is 15.3. The highest BCUT2D eigenvalue weighted by Crippen LogP contribution is 2.15. The third-order valence-corrected chi connectivity index (χ3v) is 3.82. The summed E-state index contributed by atoms with van der Waals surface area (Å²) in [6, 6.07) is 2.61. The van der Waals surface area contributed by atoms with Gasteiger partial charge in [-0.05, 0) is 13.3 Å². The normalized spacial score (nSPS) is 18.6. The van der Waals surface area contributed by atoms with Crippen molar-refractivity contribution in [1.82, 2.24) is 14.9 Å². The summed E-state index contributed by atoms with van der Waals surface area (Å²) in [5.74, 6) is 1.07. The van der Waals surface area contributed by atoms with Gasteiger partial charge in [-0.2, -0.15) is 0 Å². The van der Waals surface area contributed by atoms with E-state index in [1.54, 1.807) is 6.33 Å². The Balaban J connectivity index is 1.95. The van der Waals surface area contributed by atoms with Gasteiger partial charge in [0.05, 0.1) is 0 Å². The van der Waals surface area contributed by atoms with Gasteiger partial charge in [-0.3, -0.25) is 4.90 Å². The molecule has 0 aromatic carbocycles. The van der Waals surface area contributed by atoms with Crippen molar-refractivity contribution in [3.05, 3.63) is 18.1 Å². The minimum Gasteiger partial charge on any atom is -0.354 e. The Kier molecular flexibility index (Phi) is 5.10. The predicted octanol–water partition coefficient (Wildman–Crippen LogP) is 0.898. The Bertz CT molecular complexity index is 387. The lowest BCUT2D eigenvalue weighted by Gasteiger charge is -2.38. The van der Waals surface area contributed by atoms with Gasteiger partial charge in [0.2, 0.25) is 0 Å². The van der Waals surface area contributed by atoms with Gasteiger partial charge >= 0.3 is 0 Å². The summed E-state index contributed by atoms with van der Waals surface area (Å²) in [7, 11) is 0. The summed E-state index contributed by atoms with van der Waals surface area (Å²) in [5.41, 5.74) is 6.87. The maximum absolute atomic E-state index is 5.73. The van der Waals surface area contributed by atoms with Crippen LogP contribution >= 0.6 is 0 Å². The van der Waals surface area contributed by atoms with Crippen LogP contribution < -0.4 is 10.6 Å². The lowest BCUT2D eigenvalue weighted by atomic mass is 10.2. The van der Waals surface area contributed by atoms with Crippen molar-refractivity contribution in [1.29, 1.82) is 0 Å². The molecule has 106 valence electrons. The second-order valence-corrected chi connectivity index (χ2v) is 5.23. The molecule has 0 bridgehead atoms. The molecule has 1 aromatic heterocycles. The minimum absolute atomic E-state index is 0.475. The van der Waals surface area contributed by atoms with Crippen molar-refractivity contribution in [2.75, 3.05) is 37.6 Å². The topological polar surface area (TPSA) is 58.3 Å². The van der Waals surface area contributed by atoms with Gasteiger partial charge in [0.15, 0.2) is 0 Å². The first-order valence-corrected chi connectivity index (χ1v) is 7.24. The van der Waals surface area contributed by atoms with E-state index < -0.39 is 0 Å². The maximum atomic E-state index is 5.73. The zero-order chi connectivity index (χ0) is 13.7. The van der Waals surface area contributed by atoms with Crippen LogP contribution in [0, 0.1) is 0 Å². The molecule has 0 spiro atoms. The van der Waals surface area contributed by atoms with Crippen LogP contribution in [-0.2, 0) is 6.42 Å². The average Bonchev–Trinajstić information content (AvgIpc) is 2.47. The number of anilines is 1. The maximum Gasteiger partial charge on any atom is 0.132 e. The first-order chi connectivity index (χ1) is 9.24. The van der Waals surface area contributed by atoms with E-state index in [2.05, 4.69) is 39.7 Å². The Labute approximate surface area is 115 Å². The second kappa shape index (κ2) is 6.82. The van der Waals surface area contributed by atoms with E-state index in [9.17, 15) is 0 Å². The number of hydrogen-bond donors (Lipinski definition) is 1. The molecule has 2 heterocycles. The molecule has 1 aliphatic heterocycles. The Morgan fingerprint density at radius 2 is 2.00 bits per heavy atom. The van der Waals surface area contributed by atoms with Crippen molar-refractivity contribution in [2.24, 2.45) is 5.73 Å². The van der Waals surface area contributed by atoms with Crippen molar-refractivity contribution in [2.45, 2.75) is 32.7 Å². The lowest BCUT2D eigenvalue weighted by Crippen LogP contribution is -2.51. The number of aromatic nitrogens is 2. The van der Waals surface area contributed by atoms with Crippen molar-refractivity contribution >= 4 is 5.82 Å². The molecule has 5 heteroatoms.